The highest BCUT2D eigenvalue weighted by Crippen LogP contribution is 2.20. The summed E-state index contributed by atoms with van der Waals surface area (Å²) in [6.07, 6.45) is 0. The Bertz CT molecular complexity index is 867. The van der Waals surface area contributed by atoms with Crippen LogP contribution in [0.2, 0.25) is 0 Å². The zero-order chi connectivity index (χ0) is 18.6. The first kappa shape index (κ1) is 18.7. The second-order valence-corrected chi connectivity index (χ2v) is 7.61. The number of nitrogens with one attached hydrogen (secondary N) is 2. The average Bonchev–Trinajstić information content (AvgIpc) is 2.54. The van der Waals surface area contributed by atoms with Crippen LogP contribution in [0.5, 0.6) is 0 Å². The predicted molar refractivity (Wildman–Crippen MR) is 96.2 cm³/mol. The van der Waals surface area contributed by atoms with E-state index in [1.807, 2.05) is 0 Å². The second-order valence-electron chi connectivity index (χ2n) is 5.60. The van der Waals surface area contributed by atoms with Gasteiger partial charge in [-0.15, -0.1) is 0 Å². The molecule has 0 bridgehead atoms. The zero-order valence-electron chi connectivity index (χ0n) is 13.9. The SMILES string of the molecule is CCS(=O)(=O)Nc1cc(N)cc(C(=O)N[C@H](C)c2ccc(F)cc2)c1. The van der Waals surface area contributed by atoms with E-state index in [2.05, 4.69) is 10.0 Å². The Hall–Kier alpha value is -2.61. The maximum Gasteiger partial charge on any atom is 0.251 e. The molecule has 25 heavy (non-hydrogen) atoms. The van der Waals surface area contributed by atoms with Gasteiger partial charge in [0.2, 0.25) is 10.0 Å². The van der Waals surface area contributed by atoms with Crippen LogP contribution in [0.1, 0.15) is 35.8 Å². The minimum absolute atomic E-state index is 0.0923. The number of nitrogens with two attached hydrogens (primary N) is 1. The number of carbonyl (C=O) groups excluding carboxylic acids is 1. The molecule has 0 heterocycles. The summed E-state index contributed by atoms with van der Waals surface area (Å²) in [7, 11) is -3.47. The third kappa shape index (κ3) is 5.18. The van der Waals surface area contributed by atoms with Gasteiger partial charge in [-0.3, -0.25) is 9.52 Å². The maximum absolute atomic E-state index is 13.0. The number of nitrogen functional groups attached to an aromatic ring is 1. The minimum atomic E-state index is -3.47. The highest BCUT2D eigenvalue weighted by atomic mass is 32.2. The third-order valence-corrected chi connectivity index (χ3v) is 4.90. The summed E-state index contributed by atoms with van der Waals surface area (Å²) in [5.74, 6) is -0.864. The number of hydrogen-bond acceptors (Lipinski definition) is 4. The van der Waals surface area contributed by atoms with Crippen molar-refractivity contribution in [2.75, 3.05) is 16.2 Å². The monoisotopic (exact) mass is 365 g/mol. The largest absolute Gasteiger partial charge is 0.399 e. The molecule has 0 radical (unpaired) electrons. The first-order valence-corrected chi connectivity index (χ1v) is 9.33. The average molecular weight is 365 g/mol. The summed E-state index contributed by atoms with van der Waals surface area (Å²) in [6.45, 7) is 3.27. The molecule has 0 aromatic heterocycles. The highest BCUT2D eigenvalue weighted by molar-refractivity contribution is 7.92. The maximum atomic E-state index is 13.0. The molecule has 0 aliphatic heterocycles. The van der Waals surface area contributed by atoms with Crippen LogP contribution in [0.15, 0.2) is 42.5 Å². The molecule has 2 aromatic rings. The van der Waals surface area contributed by atoms with E-state index in [9.17, 15) is 17.6 Å². The van der Waals surface area contributed by atoms with Crippen molar-refractivity contribution in [1.82, 2.24) is 5.32 Å². The van der Waals surface area contributed by atoms with Crippen molar-refractivity contribution in [3.05, 3.63) is 59.4 Å². The van der Waals surface area contributed by atoms with Crippen LogP contribution in [-0.2, 0) is 10.0 Å². The van der Waals surface area contributed by atoms with E-state index in [1.165, 1.54) is 37.3 Å². The molecule has 6 nitrogen and oxygen atoms in total. The van der Waals surface area contributed by atoms with E-state index in [0.717, 1.165) is 5.56 Å². The second kappa shape index (κ2) is 7.52. The van der Waals surface area contributed by atoms with Gasteiger partial charge < -0.3 is 11.1 Å². The molecule has 0 saturated heterocycles. The fourth-order valence-electron chi connectivity index (χ4n) is 2.21. The first-order valence-electron chi connectivity index (χ1n) is 7.67. The lowest BCUT2D eigenvalue weighted by Gasteiger charge is -2.15. The van der Waals surface area contributed by atoms with E-state index in [-0.39, 0.29) is 34.6 Å². The lowest BCUT2D eigenvalue weighted by molar-refractivity contribution is 0.0940. The van der Waals surface area contributed by atoms with Gasteiger partial charge in [-0.25, -0.2) is 12.8 Å². The summed E-state index contributed by atoms with van der Waals surface area (Å²) in [4.78, 5) is 12.4. The van der Waals surface area contributed by atoms with Gasteiger partial charge in [0.25, 0.3) is 5.91 Å². The van der Waals surface area contributed by atoms with Gasteiger partial charge in [-0.05, 0) is 49.7 Å². The smallest absolute Gasteiger partial charge is 0.251 e. The van der Waals surface area contributed by atoms with Crippen LogP contribution >= 0.6 is 0 Å². The van der Waals surface area contributed by atoms with Gasteiger partial charge in [0.1, 0.15) is 5.82 Å². The molecule has 0 fully saturated rings. The van der Waals surface area contributed by atoms with Crippen LogP contribution in [-0.4, -0.2) is 20.1 Å². The number of rotatable bonds is 6. The first-order chi connectivity index (χ1) is 11.7. The summed E-state index contributed by atoms with van der Waals surface area (Å²) in [5.41, 5.74) is 7.21. The van der Waals surface area contributed by atoms with Crippen molar-refractivity contribution in [2.45, 2.75) is 19.9 Å². The lowest BCUT2D eigenvalue weighted by Crippen LogP contribution is -2.27. The Morgan fingerprint density at radius 2 is 1.84 bits per heavy atom. The standard InChI is InChI=1S/C17H20FN3O3S/c1-3-25(23,24)21-16-9-13(8-15(19)10-16)17(22)20-11(2)12-4-6-14(18)7-5-12/h4-11,21H,3,19H2,1-2H3,(H,20,22)/t11-/m1/s1. The molecule has 0 aliphatic rings. The Morgan fingerprint density at radius 3 is 2.44 bits per heavy atom. The molecule has 0 saturated carbocycles. The Balaban J connectivity index is 2.18. The minimum Gasteiger partial charge on any atom is -0.399 e. The number of carbonyl (C=O) groups is 1. The summed E-state index contributed by atoms with van der Waals surface area (Å²) in [6, 6.07) is 9.75. The Labute approximate surface area is 146 Å². The van der Waals surface area contributed by atoms with Gasteiger partial charge in [0.15, 0.2) is 0 Å². The van der Waals surface area contributed by atoms with Crippen LogP contribution in [0.4, 0.5) is 15.8 Å². The number of amides is 1. The molecular formula is C17H20FN3O3S. The highest BCUT2D eigenvalue weighted by Gasteiger charge is 2.14. The van der Waals surface area contributed by atoms with Crippen molar-refractivity contribution < 1.29 is 17.6 Å². The van der Waals surface area contributed by atoms with Gasteiger partial charge in [-0.2, -0.15) is 0 Å². The van der Waals surface area contributed by atoms with Crippen molar-refractivity contribution in [1.29, 1.82) is 0 Å². The van der Waals surface area contributed by atoms with Gasteiger partial charge >= 0.3 is 0 Å². The van der Waals surface area contributed by atoms with Crippen molar-refractivity contribution in [3.63, 3.8) is 0 Å². The zero-order valence-corrected chi connectivity index (χ0v) is 14.7. The van der Waals surface area contributed by atoms with E-state index in [0.29, 0.717) is 0 Å². The van der Waals surface area contributed by atoms with E-state index in [4.69, 9.17) is 5.73 Å². The van der Waals surface area contributed by atoms with Crippen molar-refractivity contribution in [2.24, 2.45) is 0 Å². The van der Waals surface area contributed by atoms with Crippen LogP contribution in [0.3, 0.4) is 0 Å². The molecule has 0 spiro atoms. The molecule has 2 rings (SSSR count). The predicted octanol–water partition coefficient (Wildman–Crippen LogP) is 2.66. The molecule has 1 atom stereocenters. The Kier molecular flexibility index (Phi) is 5.63. The molecule has 0 aliphatic carbocycles. The van der Waals surface area contributed by atoms with Gasteiger partial charge in [-0.1, -0.05) is 12.1 Å². The van der Waals surface area contributed by atoms with E-state index in [1.54, 1.807) is 19.1 Å². The topological polar surface area (TPSA) is 101 Å². The van der Waals surface area contributed by atoms with Gasteiger partial charge in [0.05, 0.1) is 17.5 Å². The number of benzene rings is 2. The number of halogens is 1. The lowest BCUT2D eigenvalue weighted by atomic mass is 10.1. The van der Waals surface area contributed by atoms with E-state index >= 15 is 0 Å². The third-order valence-electron chi connectivity index (χ3n) is 3.59. The van der Waals surface area contributed by atoms with Crippen molar-refractivity contribution >= 4 is 27.3 Å². The summed E-state index contributed by atoms with van der Waals surface area (Å²) >= 11 is 0. The van der Waals surface area contributed by atoms with Crippen LogP contribution < -0.4 is 15.8 Å². The summed E-state index contributed by atoms with van der Waals surface area (Å²) in [5, 5.41) is 2.77. The van der Waals surface area contributed by atoms with Crippen LogP contribution in [0, 0.1) is 5.82 Å². The number of hydrogen-bond donors (Lipinski definition) is 3. The fourth-order valence-corrected chi connectivity index (χ4v) is 2.83. The number of sulfonamides is 1. The molecule has 8 heteroatoms. The molecule has 0 unspecified atom stereocenters. The number of anilines is 2. The summed E-state index contributed by atoms with van der Waals surface area (Å²) < 4.78 is 38.7. The van der Waals surface area contributed by atoms with Gasteiger partial charge in [0, 0.05) is 11.3 Å². The molecule has 4 N–H and O–H groups in total. The van der Waals surface area contributed by atoms with Crippen LogP contribution in [0.25, 0.3) is 0 Å². The molecule has 2 aromatic carbocycles. The fraction of sp³-hybridized carbons (Fsp3) is 0.235. The van der Waals surface area contributed by atoms with Crippen molar-refractivity contribution in [3.8, 4) is 0 Å². The quantitative estimate of drug-likeness (QED) is 0.685. The molecule has 1 amide bonds. The van der Waals surface area contributed by atoms with E-state index < -0.39 is 15.9 Å². The Morgan fingerprint density at radius 1 is 1.20 bits per heavy atom. The molecular weight excluding hydrogens is 345 g/mol. The normalized spacial score (nSPS) is 12.4. The molecule has 134 valence electrons.